The van der Waals surface area contributed by atoms with Crippen LogP contribution in [0.15, 0.2) is 34.8 Å². The van der Waals surface area contributed by atoms with Gasteiger partial charge in [-0.05, 0) is 12.1 Å². The number of benzene rings is 1. The second kappa shape index (κ2) is 7.73. The van der Waals surface area contributed by atoms with Crippen molar-refractivity contribution >= 4 is 39.3 Å². The molecule has 2 N–H and O–H groups in total. The number of hydrogen-bond acceptors (Lipinski definition) is 8. The molecule has 1 aliphatic heterocycles. The van der Waals surface area contributed by atoms with Crippen molar-refractivity contribution in [2.75, 3.05) is 19.7 Å². The standard InChI is InChI=1S/C17H14ClFN4O4S2/c18-14-15(23-3-4-28-16(23)21-14)29(26)22-7-13(17(25,8-22)9-24)27-11-2-1-10(6-20)12(19)5-11/h1-5,13,24-25H,7-9H2/t13-,17?,29?/m0/s1. The largest absolute Gasteiger partial charge is 0.591 e. The summed E-state index contributed by atoms with van der Waals surface area (Å²) in [6, 6.07) is 5.38. The van der Waals surface area contributed by atoms with E-state index >= 15 is 0 Å². The average Bonchev–Trinajstić information content (AvgIpc) is 3.35. The van der Waals surface area contributed by atoms with Gasteiger partial charge in [0.25, 0.3) is 5.03 Å². The van der Waals surface area contributed by atoms with Crippen LogP contribution in [0.1, 0.15) is 5.56 Å². The van der Waals surface area contributed by atoms with E-state index in [4.69, 9.17) is 21.6 Å². The van der Waals surface area contributed by atoms with Crippen molar-refractivity contribution in [3.63, 3.8) is 0 Å². The van der Waals surface area contributed by atoms with Crippen LogP contribution in [-0.2, 0) is 11.4 Å². The highest BCUT2D eigenvalue weighted by atomic mass is 35.5. The Morgan fingerprint density at radius 1 is 1.55 bits per heavy atom. The van der Waals surface area contributed by atoms with Crippen molar-refractivity contribution in [2.45, 2.75) is 16.7 Å². The second-order valence-corrected chi connectivity index (χ2v) is 9.09. The van der Waals surface area contributed by atoms with Gasteiger partial charge in [0.2, 0.25) is 5.15 Å². The Morgan fingerprint density at radius 3 is 3.03 bits per heavy atom. The normalized spacial score (nSPS) is 23.4. The van der Waals surface area contributed by atoms with E-state index < -0.39 is 35.5 Å². The fourth-order valence-corrected chi connectivity index (χ4v) is 5.65. The van der Waals surface area contributed by atoms with Crippen molar-refractivity contribution in [3.8, 4) is 11.8 Å². The Bertz CT molecular complexity index is 1100. The van der Waals surface area contributed by atoms with E-state index in [1.807, 2.05) is 0 Å². The van der Waals surface area contributed by atoms with Crippen molar-refractivity contribution in [2.24, 2.45) is 0 Å². The number of rotatable bonds is 5. The monoisotopic (exact) mass is 456 g/mol. The third kappa shape index (κ3) is 3.57. The third-order valence-electron chi connectivity index (χ3n) is 4.61. The van der Waals surface area contributed by atoms with Gasteiger partial charge < -0.3 is 19.5 Å². The van der Waals surface area contributed by atoms with Crippen LogP contribution in [0.25, 0.3) is 4.96 Å². The summed E-state index contributed by atoms with van der Waals surface area (Å²) in [7, 11) is 0. The fourth-order valence-electron chi connectivity index (χ4n) is 3.09. The van der Waals surface area contributed by atoms with Gasteiger partial charge in [0.05, 0.1) is 25.3 Å². The Kier molecular flexibility index (Phi) is 5.43. The van der Waals surface area contributed by atoms with Crippen LogP contribution in [-0.4, -0.2) is 59.9 Å². The highest BCUT2D eigenvalue weighted by molar-refractivity contribution is 7.89. The summed E-state index contributed by atoms with van der Waals surface area (Å²) >= 11 is 5.69. The SMILES string of the molecule is N#Cc1ccc(O[C@H]2CN([S+]([O-])c3c(Cl)nc4sccn34)CC2(O)CO)cc1F. The summed E-state index contributed by atoms with van der Waals surface area (Å²) in [5, 5.41) is 31.5. The maximum atomic E-state index is 13.9. The van der Waals surface area contributed by atoms with Crippen LogP contribution >= 0.6 is 22.9 Å². The molecule has 0 saturated carbocycles. The number of nitrogens with zero attached hydrogens (tertiary/aromatic N) is 4. The summed E-state index contributed by atoms with van der Waals surface area (Å²) in [6.07, 6.45) is 0.696. The minimum absolute atomic E-state index is 0.0149. The van der Waals surface area contributed by atoms with Gasteiger partial charge in [0.1, 0.15) is 40.7 Å². The number of aromatic nitrogens is 2. The number of ether oxygens (including phenoxy) is 1. The van der Waals surface area contributed by atoms with Crippen LogP contribution in [0, 0.1) is 17.1 Å². The Labute approximate surface area is 176 Å². The molecule has 2 unspecified atom stereocenters. The van der Waals surface area contributed by atoms with Crippen LogP contribution in [0.5, 0.6) is 5.75 Å². The first-order valence-electron chi connectivity index (χ1n) is 8.33. The topological polar surface area (TPSA) is 117 Å². The van der Waals surface area contributed by atoms with Gasteiger partial charge in [-0.2, -0.15) is 5.26 Å². The van der Waals surface area contributed by atoms with Gasteiger partial charge in [-0.25, -0.2) is 13.8 Å². The molecule has 1 aliphatic rings. The quantitative estimate of drug-likeness (QED) is 0.559. The minimum atomic E-state index is -1.79. The summed E-state index contributed by atoms with van der Waals surface area (Å²) in [5.41, 5.74) is -1.87. The number of nitriles is 1. The smallest absolute Gasteiger partial charge is 0.290 e. The van der Waals surface area contributed by atoms with Crippen molar-refractivity contribution < 1.29 is 23.9 Å². The molecule has 12 heteroatoms. The summed E-state index contributed by atoms with van der Waals surface area (Å²) in [5.74, 6) is -0.685. The number of hydrogen-bond donors (Lipinski definition) is 2. The number of fused-ring (bicyclic) bond motifs is 1. The number of β-amino-alcohol motifs (C(OH)–C–C–N with tert-alkyl or cyclic N) is 1. The van der Waals surface area contributed by atoms with Crippen molar-refractivity contribution in [1.29, 1.82) is 5.26 Å². The van der Waals surface area contributed by atoms with Crippen molar-refractivity contribution in [1.82, 2.24) is 13.7 Å². The number of halogens is 2. The zero-order valence-corrected chi connectivity index (χ0v) is 17.0. The summed E-state index contributed by atoms with van der Waals surface area (Å²) in [6.45, 7) is -0.829. The van der Waals surface area contributed by atoms with E-state index in [0.29, 0.717) is 4.96 Å². The highest BCUT2D eigenvalue weighted by Gasteiger charge is 2.52. The molecule has 0 amide bonds. The molecule has 152 valence electrons. The van der Waals surface area contributed by atoms with Crippen molar-refractivity contribution in [3.05, 3.63) is 46.3 Å². The fraction of sp³-hybridized carbons (Fsp3) is 0.294. The molecule has 0 aliphatic carbocycles. The maximum Gasteiger partial charge on any atom is 0.290 e. The molecule has 0 radical (unpaired) electrons. The molecule has 1 saturated heterocycles. The first-order chi connectivity index (χ1) is 13.9. The Balaban J connectivity index is 1.59. The molecule has 0 spiro atoms. The maximum absolute atomic E-state index is 13.9. The summed E-state index contributed by atoms with van der Waals surface area (Å²) in [4.78, 5) is 4.73. The lowest BCUT2D eigenvalue weighted by molar-refractivity contribution is -0.0641. The van der Waals surface area contributed by atoms with E-state index in [9.17, 15) is 19.2 Å². The molecule has 3 atom stereocenters. The third-order valence-corrected chi connectivity index (χ3v) is 7.21. The molecule has 0 bridgehead atoms. The molecule has 3 heterocycles. The van der Waals surface area contributed by atoms with Crippen LogP contribution in [0.4, 0.5) is 4.39 Å². The molecule has 2 aromatic heterocycles. The lowest BCUT2D eigenvalue weighted by Gasteiger charge is -2.26. The van der Waals surface area contributed by atoms with Gasteiger partial charge >= 0.3 is 0 Å². The van der Waals surface area contributed by atoms with E-state index in [1.165, 1.54) is 27.8 Å². The lowest BCUT2D eigenvalue weighted by atomic mass is 10.0. The van der Waals surface area contributed by atoms with Crippen LogP contribution in [0.2, 0.25) is 5.15 Å². The van der Waals surface area contributed by atoms with Crippen LogP contribution in [0.3, 0.4) is 0 Å². The minimum Gasteiger partial charge on any atom is -0.591 e. The number of aliphatic hydroxyl groups excluding tert-OH is 1. The molecule has 3 aromatic rings. The predicted octanol–water partition coefficient (Wildman–Crippen LogP) is 1.57. The predicted molar refractivity (Wildman–Crippen MR) is 104 cm³/mol. The van der Waals surface area contributed by atoms with E-state index in [-0.39, 0.29) is 34.6 Å². The second-order valence-electron chi connectivity index (χ2n) is 6.46. The van der Waals surface area contributed by atoms with Crippen LogP contribution < -0.4 is 4.74 Å². The zero-order valence-electron chi connectivity index (χ0n) is 14.7. The number of imidazole rings is 1. The molecule has 4 rings (SSSR count). The molecular formula is C17H14ClFN4O4S2. The molecular weight excluding hydrogens is 443 g/mol. The highest BCUT2D eigenvalue weighted by Crippen LogP contribution is 2.34. The summed E-state index contributed by atoms with van der Waals surface area (Å²) < 4.78 is 35.7. The van der Waals surface area contributed by atoms with E-state index in [1.54, 1.807) is 22.0 Å². The average molecular weight is 457 g/mol. The van der Waals surface area contributed by atoms with Gasteiger partial charge in [-0.1, -0.05) is 11.6 Å². The first kappa shape index (κ1) is 20.4. The zero-order chi connectivity index (χ0) is 20.8. The molecule has 1 aromatic carbocycles. The molecule has 8 nitrogen and oxygen atoms in total. The number of thiazole rings is 1. The van der Waals surface area contributed by atoms with E-state index in [2.05, 4.69) is 4.98 Å². The Morgan fingerprint density at radius 2 is 2.34 bits per heavy atom. The van der Waals surface area contributed by atoms with Gasteiger partial charge in [-0.15, -0.1) is 15.6 Å². The lowest BCUT2D eigenvalue weighted by Crippen LogP contribution is -2.48. The van der Waals surface area contributed by atoms with E-state index in [0.717, 1.165) is 6.07 Å². The first-order valence-corrected chi connectivity index (χ1v) is 10.7. The molecule has 1 fully saturated rings. The van der Waals surface area contributed by atoms with Gasteiger partial charge in [0.15, 0.2) is 4.96 Å². The number of aliphatic hydroxyl groups is 2. The van der Waals surface area contributed by atoms with Gasteiger partial charge in [0, 0.05) is 17.6 Å². The molecule has 29 heavy (non-hydrogen) atoms. The van der Waals surface area contributed by atoms with Gasteiger partial charge in [-0.3, -0.25) is 0 Å². The Hall–Kier alpha value is -1.91.